The average Bonchev–Trinajstić information content (AvgIpc) is 2.83. The minimum atomic E-state index is -0.551. The quantitative estimate of drug-likeness (QED) is 0.850. The van der Waals surface area contributed by atoms with Crippen LogP contribution in [0.2, 0.25) is 0 Å². The standard InChI is InChI=1S/C15H19N3O2/c1-4-20-15(19)14(12-9-16-18(3)10-12)17-13-7-5-6-11(2)8-13/h5-10,14,17H,4H2,1-3H3. The highest BCUT2D eigenvalue weighted by molar-refractivity contribution is 5.81. The van der Waals surface area contributed by atoms with Gasteiger partial charge < -0.3 is 10.1 Å². The van der Waals surface area contributed by atoms with E-state index in [1.165, 1.54) is 0 Å². The third kappa shape index (κ3) is 3.38. The van der Waals surface area contributed by atoms with Crippen molar-refractivity contribution in [1.29, 1.82) is 0 Å². The van der Waals surface area contributed by atoms with Gasteiger partial charge in [0.1, 0.15) is 0 Å². The number of hydrogen-bond acceptors (Lipinski definition) is 4. The first-order valence-electron chi connectivity index (χ1n) is 6.58. The van der Waals surface area contributed by atoms with Crippen molar-refractivity contribution < 1.29 is 9.53 Å². The predicted molar refractivity (Wildman–Crippen MR) is 77.4 cm³/mol. The maximum atomic E-state index is 12.1. The van der Waals surface area contributed by atoms with Crippen LogP contribution >= 0.6 is 0 Å². The molecule has 1 unspecified atom stereocenters. The van der Waals surface area contributed by atoms with Crippen LogP contribution in [0.3, 0.4) is 0 Å². The van der Waals surface area contributed by atoms with Crippen LogP contribution in [0.15, 0.2) is 36.7 Å². The molecule has 0 radical (unpaired) electrons. The van der Waals surface area contributed by atoms with Crippen LogP contribution in [-0.4, -0.2) is 22.4 Å². The Kier molecular flexibility index (Phi) is 4.40. The van der Waals surface area contributed by atoms with E-state index in [4.69, 9.17) is 4.74 Å². The van der Waals surface area contributed by atoms with E-state index in [-0.39, 0.29) is 5.97 Å². The Hall–Kier alpha value is -2.30. The normalized spacial score (nSPS) is 11.9. The van der Waals surface area contributed by atoms with E-state index < -0.39 is 6.04 Å². The minimum Gasteiger partial charge on any atom is -0.464 e. The molecule has 0 fully saturated rings. The topological polar surface area (TPSA) is 56.1 Å². The molecule has 20 heavy (non-hydrogen) atoms. The highest BCUT2D eigenvalue weighted by Gasteiger charge is 2.23. The Morgan fingerprint density at radius 1 is 1.50 bits per heavy atom. The van der Waals surface area contributed by atoms with E-state index in [0.717, 1.165) is 16.8 Å². The molecule has 1 aromatic carbocycles. The number of nitrogens with one attached hydrogen (secondary N) is 1. The molecule has 0 amide bonds. The monoisotopic (exact) mass is 273 g/mol. The van der Waals surface area contributed by atoms with Crippen LogP contribution in [0.5, 0.6) is 0 Å². The molecule has 0 spiro atoms. The van der Waals surface area contributed by atoms with Crippen molar-refractivity contribution in [1.82, 2.24) is 9.78 Å². The summed E-state index contributed by atoms with van der Waals surface area (Å²) in [6.45, 7) is 4.16. The fourth-order valence-corrected chi connectivity index (χ4v) is 1.99. The number of ether oxygens (including phenoxy) is 1. The van der Waals surface area contributed by atoms with Crippen molar-refractivity contribution in [2.75, 3.05) is 11.9 Å². The van der Waals surface area contributed by atoms with Crippen LogP contribution in [-0.2, 0) is 16.6 Å². The summed E-state index contributed by atoms with van der Waals surface area (Å²) < 4.78 is 6.80. The third-order valence-corrected chi connectivity index (χ3v) is 2.91. The second-order valence-corrected chi connectivity index (χ2v) is 4.65. The molecule has 0 saturated heterocycles. The average molecular weight is 273 g/mol. The van der Waals surface area contributed by atoms with Gasteiger partial charge in [-0.3, -0.25) is 4.68 Å². The van der Waals surface area contributed by atoms with Crippen LogP contribution < -0.4 is 5.32 Å². The van der Waals surface area contributed by atoms with Crippen molar-refractivity contribution in [3.05, 3.63) is 47.8 Å². The van der Waals surface area contributed by atoms with Gasteiger partial charge in [-0.05, 0) is 31.5 Å². The van der Waals surface area contributed by atoms with Gasteiger partial charge >= 0.3 is 5.97 Å². The van der Waals surface area contributed by atoms with Crippen LogP contribution in [0.25, 0.3) is 0 Å². The number of aromatic nitrogens is 2. The molecule has 0 bridgehead atoms. The molecule has 106 valence electrons. The fraction of sp³-hybridized carbons (Fsp3) is 0.333. The lowest BCUT2D eigenvalue weighted by Gasteiger charge is -2.17. The number of carbonyl (C=O) groups excluding carboxylic acids is 1. The molecule has 5 nitrogen and oxygen atoms in total. The highest BCUT2D eigenvalue weighted by Crippen LogP contribution is 2.21. The number of hydrogen-bond donors (Lipinski definition) is 1. The molecule has 0 saturated carbocycles. The first kappa shape index (κ1) is 14.1. The van der Waals surface area contributed by atoms with E-state index in [9.17, 15) is 4.79 Å². The van der Waals surface area contributed by atoms with Gasteiger partial charge in [-0.15, -0.1) is 0 Å². The number of esters is 1. The van der Waals surface area contributed by atoms with E-state index in [2.05, 4.69) is 10.4 Å². The number of rotatable bonds is 5. The van der Waals surface area contributed by atoms with Gasteiger partial charge in [0.25, 0.3) is 0 Å². The highest BCUT2D eigenvalue weighted by atomic mass is 16.5. The Bertz CT molecular complexity index is 592. The van der Waals surface area contributed by atoms with Crippen molar-refractivity contribution in [3.8, 4) is 0 Å². The van der Waals surface area contributed by atoms with E-state index in [1.54, 1.807) is 17.8 Å². The van der Waals surface area contributed by atoms with Gasteiger partial charge in [0.15, 0.2) is 6.04 Å². The second kappa shape index (κ2) is 6.23. The zero-order chi connectivity index (χ0) is 14.5. The summed E-state index contributed by atoms with van der Waals surface area (Å²) in [6, 6.07) is 7.32. The van der Waals surface area contributed by atoms with Crippen LogP contribution in [0.1, 0.15) is 24.1 Å². The molecule has 0 aliphatic carbocycles. The summed E-state index contributed by atoms with van der Waals surface area (Å²) in [6.07, 6.45) is 3.48. The second-order valence-electron chi connectivity index (χ2n) is 4.65. The molecule has 2 aromatic rings. The zero-order valence-electron chi connectivity index (χ0n) is 12.0. The Balaban J connectivity index is 2.25. The molecule has 1 N–H and O–H groups in total. The lowest BCUT2D eigenvalue weighted by Crippen LogP contribution is -2.23. The fourth-order valence-electron chi connectivity index (χ4n) is 1.99. The van der Waals surface area contributed by atoms with Crippen molar-refractivity contribution in [2.45, 2.75) is 19.9 Å². The summed E-state index contributed by atoms with van der Waals surface area (Å²) in [4.78, 5) is 12.1. The van der Waals surface area contributed by atoms with Gasteiger partial charge in [0.2, 0.25) is 0 Å². The predicted octanol–water partition coefficient (Wildman–Crippen LogP) is 2.44. The lowest BCUT2D eigenvalue weighted by atomic mass is 10.1. The molecule has 2 rings (SSSR count). The van der Waals surface area contributed by atoms with Gasteiger partial charge in [0, 0.05) is 24.5 Å². The van der Waals surface area contributed by atoms with Crippen molar-refractivity contribution in [3.63, 3.8) is 0 Å². The summed E-state index contributed by atoms with van der Waals surface area (Å²) in [5.74, 6) is -0.304. The first-order chi connectivity index (χ1) is 9.60. The van der Waals surface area contributed by atoms with Crippen LogP contribution in [0, 0.1) is 6.92 Å². The number of benzene rings is 1. The number of carbonyl (C=O) groups is 1. The lowest BCUT2D eigenvalue weighted by molar-refractivity contribution is -0.144. The third-order valence-electron chi connectivity index (χ3n) is 2.91. The van der Waals surface area contributed by atoms with Gasteiger partial charge in [-0.25, -0.2) is 4.79 Å². The molecule has 1 heterocycles. The maximum absolute atomic E-state index is 12.1. The summed E-state index contributed by atoms with van der Waals surface area (Å²) in [7, 11) is 1.82. The molecule has 5 heteroatoms. The van der Waals surface area contributed by atoms with E-state index >= 15 is 0 Å². The molecule has 1 aromatic heterocycles. The number of anilines is 1. The van der Waals surface area contributed by atoms with Crippen LogP contribution in [0.4, 0.5) is 5.69 Å². The zero-order valence-corrected chi connectivity index (χ0v) is 12.0. The van der Waals surface area contributed by atoms with Gasteiger partial charge in [-0.1, -0.05) is 12.1 Å². The largest absolute Gasteiger partial charge is 0.464 e. The number of nitrogens with zero attached hydrogens (tertiary/aromatic N) is 2. The van der Waals surface area contributed by atoms with Gasteiger partial charge in [0.05, 0.1) is 12.8 Å². The molecule has 0 aliphatic heterocycles. The maximum Gasteiger partial charge on any atom is 0.333 e. The Morgan fingerprint density at radius 3 is 2.90 bits per heavy atom. The van der Waals surface area contributed by atoms with Crippen molar-refractivity contribution >= 4 is 11.7 Å². The van der Waals surface area contributed by atoms with E-state index in [1.807, 2.05) is 44.4 Å². The smallest absolute Gasteiger partial charge is 0.333 e. The van der Waals surface area contributed by atoms with Gasteiger partial charge in [-0.2, -0.15) is 5.10 Å². The number of aryl methyl sites for hydroxylation is 2. The van der Waals surface area contributed by atoms with Crippen molar-refractivity contribution in [2.24, 2.45) is 7.05 Å². The summed E-state index contributed by atoms with van der Waals surface area (Å²) in [5.41, 5.74) is 2.79. The Morgan fingerprint density at radius 2 is 2.30 bits per heavy atom. The molecule has 0 aliphatic rings. The Labute approximate surface area is 118 Å². The molecule has 1 atom stereocenters. The minimum absolute atomic E-state index is 0.304. The molecular weight excluding hydrogens is 254 g/mol. The SMILES string of the molecule is CCOC(=O)C(Nc1cccc(C)c1)c1cnn(C)c1. The first-order valence-corrected chi connectivity index (χ1v) is 6.58. The summed E-state index contributed by atoms with van der Waals surface area (Å²) in [5, 5.41) is 7.31. The summed E-state index contributed by atoms with van der Waals surface area (Å²) >= 11 is 0. The van der Waals surface area contributed by atoms with E-state index in [0.29, 0.717) is 6.61 Å². The molecular formula is C15H19N3O2.